The Balaban J connectivity index is 2.13. The topological polar surface area (TPSA) is 66.6 Å². The van der Waals surface area contributed by atoms with Crippen molar-refractivity contribution >= 4 is 27.3 Å². The largest absolute Gasteiger partial charge is 0.393 e. The van der Waals surface area contributed by atoms with Gasteiger partial charge in [-0.15, -0.1) is 0 Å². The molecule has 1 aliphatic rings. The maximum Gasteiger partial charge on any atom is 0.293 e. The Morgan fingerprint density at radius 2 is 2.22 bits per heavy atom. The lowest BCUT2D eigenvalue weighted by atomic mass is 9.82. The van der Waals surface area contributed by atoms with Crippen molar-refractivity contribution in [1.29, 1.82) is 0 Å². The van der Waals surface area contributed by atoms with E-state index in [1.165, 1.54) is 6.07 Å². The van der Waals surface area contributed by atoms with Crippen LogP contribution in [0.2, 0.25) is 0 Å². The highest BCUT2D eigenvalue weighted by atomic mass is 79.9. The number of anilines is 1. The standard InChI is InChI=1S/C12H15BrN2O3/c1-14(7-8-4-10(16)5-8)11-3-2-9(13)6-12(11)15(17)18/h2-3,6,8,10,16H,4-5,7H2,1H3. The molecule has 18 heavy (non-hydrogen) atoms. The van der Waals surface area contributed by atoms with Gasteiger partial charge in [0.05, 0.1) is 11.0 Å². The molecule has 98 valence electrons. The highest BCUT2D eigenvalue weighted by Crippen LogP contribution is 2.34. The Bertz CT molecular complexity index is 461. The summed E-state index contributed by atoms with van der Waals surface area (Å²) in [4.78, 5) is 12.5. The van der Waals surface area contributed by atoms with Crippen LogP contribution in [-0.4, -0.2) is 29.7 Å². The molecule has 1 fully saturated rings. The molecule has 1 aromatic rings. The van der Waals surface area contributed by atoms with Gasteiger partial charge in [-0.3, -0.25) is 10.1 Å². The molecule has 0 radical (unpaired) electrons. The quantitative estimate of drug-likeness (QED) is 0.685. The molecule has 1 aromatic carbocycles. The summed E-state index contributed by atoms with van der Waals surface area (Å²) in [6, 6.07) is 5.06. The number of aliphatic hydroxyl groups is 1. The Morgan fingerprint density at radius 3 is 2.78 bits per heavy atom. The minimum absolute atomic E-state index is 0.103. The number of benzene rings is 1. The Labute approximate surface area is 114 Å². The second-order valence-corrected chi connectivity index (χ2v) is 5.68. The van der Waals surface area contributed by atoms with E-state index in [0.717, 1.165) is 19.4 Å². The molecule has 0 amide bonds. The molecular formula is C12H15BrN2O3. The second kappa shape index (κ2) is 5.24. The number of hydrogen-bond acceptors (Lipinski definition) is 4. The average molecular weight is 315 g/mol. The Kier molecular flexibility index (Phi) is 3.87. The van der Waals surface area contributed by atoms with Gasteiger partial charge in [0.2, 0.25) is 0 Å². The van der Waals surface area contributed by atoms with E-state index in [0.29, 0.717) is 16.1 Å². The van der Waals surface area contributed by atoms with Crippen LogP contribution in [0.1, 0.15) is 12.8 Å². The molecule has 0 spiro atoms. The van der Waals surface area contributed by atoms with E-state index in [9.17, 15) is 15.2 Å². The number of nitro benzene ring substituents is 1. The molecule has 0 atom stereocenters. The van der Waals surface area contributed by atoms with E-state index in [1.807, 2.05) is 11.9 Å². The summed E-state index contributed by atoms with van der Waals surface area (Å²) in [6.45, 7) is 0.736. The van der Waals surface area contributed by atoms with Gasteiger partial charge in [-0.2, -0.15) is 0 Å². The first-order valence-corrected chi connectivity index (χ1v) is 6.60. The van der Waals surface area contributed by atoms with Crippen LogP contribution in [0.5, 0.6) is 0 Å². The molecule has 1 N–H and O–H groups in total. The van der Waals surface area contributed by atoms with Crippen molar-refractivity contribution in [3.8, 4) is 0 Å². The van der Waals surface area contributed by atoms with Gasteiger partial charge >= 0.3 is 0 Å². The zero-order valence-corrected chi connectivity index (χ0v) is 11.6. The third kappa shape index (κ3) is 2.81. The van der Waals surface area contributed by atoms with Crippen molar-refractivity contribution in [2.45, 2.75) is 18.9 Å². The van der Waals surface area contributed by atoms with Crippen LogP contribution in [0.15, 0.2) is 22.7 Å². The van der Waals surface area contributed by atoms with E-state index in [4.69, 9.17) is 0 Å². The summed E-state index contributed by atoms with van der Waals surface area (Å²) in [6.07, 6.45) is 1.38. The molecule has 1 aliphatic carbocycles. The van der Waals surface area contributed by atoms with Crippen LogP contribution < -0.4 is 4.90 Å². The number of halogens is 1. The molecular weight excluding hydrogens is 300 g/mol. The number of rotatable bonds is 4. The number of hydrogen-bond donors (Lipinski definition) is 1. The first-order valence-electron chi connectivity index (χ1n) is 5.80. The third-order valence-corrected chi connectivity index (χ3v) is 3.78. The van der Waals surface area contributed by atoms with E-state index >= 15 is 0 Å². The van der Waals surface area contributed by atoms with Gasteiger partial charge in [0.15, 0.2) is 0 Å². The fraction of sp³-hybridized carbons (Fsp3) is 0.500. The van der Waals surface area contributed by atoms with Crippen LogP contribution in [0.3, 0.4) is 0 Å². The average Bonchev–Trinajstić information content (AvgIpc) is 2.26. The molecule has 2 rings (SSSR count). The van der Waals surface area contributed by atoms with Crippen LogP contribution in [0, 0.1) is 16.0 Å². The smallest absolute Gasteiger partial charge is 0.293 e. The molecule has 0 aliphatic heterocycles. The van der Waals surface area contributed by atoms with E-state index in [-0.39, 0.29) is 16.7 Å². The van der Waals surface area contributed by atoms with Gasteiger partial charge in [0.25, 0.3) is 5.69 Å². The van der Waals surface area contributed by atoms with Crippen LogP contribution >= 0.6 is 15.9 Å². The van der Waals surface area contributed by atoms with Crippen LogP contribution in [-0.2, 0) is 0 Å². The SMILES string of the molecule is CN(CC1CC(O)C1)c1ccc(Br)cc1[N+](=O)[O-]. The van der Waals surface area contributed by atoms with E-state index in [2.05, 4.69) is 15.9 Å². The monoisotopic (exact) mass is 314 g/mol. The first kappa shape index (κ1) is 13.3. The van der Waals surface area contributed by atoms with Crippen molar-refractivity contribution in [3.05, 3.63) is 32.8 Å². The summed E-state index contributed by atoms with van der Waals surface area (Å²) in [5.41, 5.74) is 0.719. The molecule has 0 heterocycles. The fourth-order valence-corrected chi connectivity index (χ4v) is 2.65. The van der Waals surface area contributed by atoms with E-state index < -0.39 is 0 Å². The zero-order valence-electron chi connectivity index (χ0n) is 10.0. The molecule has 0 unspecified atom stereocenters. The molecule has 0 aromatic heterocycles. The number of aliphatic hydroxyl groups excluding tert-OH is 1. The van der Waals surface area contributed by atoms with Gasteiger partial charge in [-0.1, -0.05) is 15.9 Å². The van der Waals surface area contributed by atoms with Crippen molar-refractivity contribution in [2.24, 2.45) is 5.92 Å². The molecule has 0 saturated heterocycles. The van der Waals surface area contributed by atoms with Gasteiger partial charge in [-0.05, 0) is 30.9 Å². The maximum absolute atomic E-state index is 11.0. The first-order chi connectivity index (χ1) is 8.47. The summed E-state index contributed by atoms with van der Waals surface area (Å²) < 4.78 is 0.699. The maximum atomic E-state index is 11.0. The lowest BCUT2D eigenvalue weighted by molar-refractivity contribution is -0.384. The van der Waals surface area contributed by atoms with E-state index in [1.54, 1.807) is 12.1 Å². The third-order valence-electron chi connectivity index (χ3n) is 3.29. The molecule has 5 nitrogen and oxygen atoms in total. The Morgan fingerprint density at radius 1 is 1.56 bits per heavy atom. The van der Waals surface area contributed by atoms with Crippen molar-refractivity contribution < 1.29 is 10.0 Å². The lowest BCUT2D eigenvalue weighted by Gasteiger charge is -2.35. The van der Waals surface area contributed by atoms with Crippen LogP contribution in [0.25, 0.3) is 0 Å². The highest BCUT2D eigenvalue weighted by Gasteiger charge is 2.29. The predicted molar refractivity (Wildman–Crippen MR) is 72.8 cm³/mol. The summed E-state index contributed by atoms with van der Waals surface area (Å²) in [7, 11) is 1.85. The minimum atomic E-state index is -0.369. The van der Waals surface area contributed by atoms with Crippen molar-refractivity contribution in [1.82, 2.24) is 0 Å². The summed E-state index contributed by atoms with van der Waals surface area (Å²) in [5, 5.41) is 20.3. The van der Waals surface area contributed by atoms with Crippen molar-refractivity contribution in [2.75, 3.05) is 18.5 Å². The second-order valence-electron chi connectivity index (χ2n) is 4.76. The Hall–Kier alpha value is -1.14. The van der Waals surface area contributed by atoms with Crippen molar-refractivity contribution in [3.63, 3.8) is 0 Å². The molecule has 1 saturated carbocycles. The molecule has 6 heteroatoms. The lowest BCUT2D eigenvalue weighted by Crippen LogP contribution is -2.37. The number of nitrogens with zero attached hydrogens (tertiary/aromatic N) is 2. The highest BCUT2D eigenvalue weighted by molar-refractivity contribution is 9.10. The fourth-order valence-electron chi connectivity index (χ4n) is 2.30. The summed E-state index contributed by atoms with van der Waals surface area (Å²) in [5.74, 6) is 0.424. The van der Waals surface area contributed by atoms with Gasteiger partial charge in [0.1, 0.15) is 5.69 Å². The normalized spacial score (nSPS) is 22.4. The van der Waals surface area contributed by atoms with Gasteiger partial charge < -0.3 is 10.0 Å². The minimum Gasteiger partial charge on any atom is -0.393 e. The predicted octanol–water partition coefficient (Wildman–Crippen LogP) is 2.56. The van der Waals surface area contributed by atoms with Gasteiger partial charge in [-0.25, -0.2) is 0 Å². The summed E-state index contributed by atoms with van der Waals surface area (Å²) >= 11 is 3.24. The van der Waals surface area contributed by atoms with Crippen LogP contribution in [0.4, 0.5) is 11.4 Å². The zero-order chi connectivity index (χ0) is 13.3. The molecule has 0 bridgehead atoms. The number of nitro groups is 1. The van der Waals surface area contributed by atoms with Gasteiger partial charge in [0, 0.05) is 24.1 Å².